The van der Waals surface area contributed by atoms with Crippen LogP contribution in [0.25, 0.3) is 0 Å². The van der Waals surface area contributed by atoms with Gasteiger partial charge in [-0.1, -0.05) is 11.6 Å². The molecule has 92 valence electrons. The zero-order chi connectivity index (χ0) is 12.3. The minimum atomic E-state index is -2.77. The summed E-state index contributed by atoms with van der Waals surface area (Å²) < 4.78 is 37.1. The number of nitrogens with two attached hydrogens (primary N) is 1. The predicted octanol–water partition coefficient (Wildman–Crippen LogP) is 2.30. The van der Waals surface area contributed by atoms with Gasteiger partial charge in [0, 0.05) is 13.0 Å². The van der Waals surface area contributed by atoms with E-state index in [0.29, 0.717) is 17.1 Å². The lowest BCUT2D eigenvalue weighted by Gasteiger charge is -2.15. The van der Waals surface area contributed by atoms with E-state index in [0.717, 1.165) is 0 Å². The summed E-state index contributed by atoms with van der Waals surface area (Å²) >= 11 is 5.97. The first kappa shape index (κ1) is 11.0. The van der Waals surface area contributed by atoms with Gasteiger partial charge in [0.2, 0.25) is 6.79 Å². The molecule has 3 nitrogen and oxygen atoms in total. The number of hydrogen-bond donors (Lipinski definition) is 1. The van der Waals surface area contributed by atoms with E-state index < -0.39 is 11.3 Å². The molecule has 1 aliphatic carbocycles. The van der Waals surface area contributed by atoms with Gasteiger partial charge in [-0.05, 0) is 17.7 Å². The highest BCUT2D eigenvalue weighted by atomic mass is 35.5. The maximum atomic E-state index is 13.4. The van der Waals surface area contributed by atoms with Crippen molar-refractivity contribution in [3.63, 3.8) is 0 Å². The predicted molar refractivity (Wildman–Crippen MR) is 57.9 cm³/mol. The van der Waals surface area contributed by atoms with Crippen molar-refractivity contribution < 1.29 is 18.3 Å². The molecule has 0 spiro atoms. The smallest absolute Gasteiger partial charge is 0.260 e. The van der Waals surface area contributed by atoms with Gasteiger partial charge in [0.25, 0.3) is 5.92 Å². The summed E-state index contributed by atoms with van der Waals surface area (Å²) in [5.41, 5.74) is 4.60. The molecule has 1 aliphatic heterocycles. The molecule has 1 saturated carbocycles. The molecule has 6 heteroatoms. The van der Waals surface area contributed by atoms with Crippen LogP contribution in [0.15, 0.2) is 12.1 Å². The Bertz CT molecular complexity index is 495. The van der Waals surface area contributed by atoms with Crippen LogP contribution in [0, 0.1) is 0 Å². The molecule has 0 radical (unpaired) electrons. The van der Waals surface area contributed by atoms with Gasteiger partial charge in [-0.15, -0.1) is 0 Å². The average molecular weight is 262 g/mol. The fourth-order valence-corrected chi connectivity index (χ4v) is 2.50. The first-order valence-electron chi connectivity index (χ1n) is 5.18. The van der Waals surface area contributed by atoms with E-state index in [-0.39, 0.29) is 24.8 Å². The second-order valence-electron chi connectivity index (χ2n) is 4.36. The van der Waals surface area contributed by atoms with Gasteiger partial charge in [-0.3, -0.25) is 0 Å². The van der Waals surface area contributed by atoms with Crippen LogP contribution in [-0.2, 0) is 5.41 Å². The van der Waals surface area contributed by atoms with Crippen LogP contribution in [0.1, 0.15) is 12.0 Å². The molecule has 3 rings (SSSR count). The highest BCUT2D eigenvalue weighted by molar-refractivity contribution is 6.32. The second-order valence-corrected chi connectivity index (χ2v) is 4.77. The standard InChI is InChI=1S/C11H10ClF2NO2/c12-7-1-6(2-8-9(7)17-5-16-8)10(4-15)3-11(10,13)14/h1-2H,3-5,15H2. The van der Waals surface area contributed by atoms with Crippen molar-refractivity contribution in [3.8, 4) is 11.5 Å². The lowest BCUT2D eigenvalue weighted by Crippen LogP contribution is -2.26. The Morgan fingerprint density at radius 2 is 2.06 bits per heavy atom. The molecular formula is C11H10ClF2NO2. The van der Waals surface area contributed by atoms with Crippen molar-refractivity contribution in [1.29, 1.82) is 0 Å². The van der Waals surface area contributed by atoms with E-state index in [1.165, 1.54) is 6.07 Å². The fourth-order valence-electron chi connectivity index (χ4n) is 2.23. The van der Waals surface area contributed by atoms with Crippen LogP contribution in [-0.4, -0.2) is 19.3 Å². The van der Waals surface area contributed by atoms with Crippen LogP contribution in [0.4, 0.5) is 8.78 Å². The van der Waals surface area contributed by atoms with E-state index in [4.69, 9.17) is 26.8 Å². The van der Waals surface area contributed by atoms with Crippen molar-refractivity contribution in [1.82, 2.24) is 0 Å². The average Bonchev–Trinajstić information content (AvgIpc) is 2.65. The number of ether oxygens (including phenoxy) is 2. The van der Waals surface area contributed by atoms with E-state index in [9.17, 15) is 8.78 Å². The van der Waals surface area contributed by atoms with Gasteiger partial charge in [0.15, 0.2) is 11.5 Å². The molecule has 1 aromatic rings. The van der Waals surface area contributed by atoms with Crippen LogP contribution in [0.5, 0.6) is 11.5 Å². The van der Waals surface area contributed by atoms with Crippen molar-refractivity contribution in [3.05, 3.63) is 22.7 Å². The summed E-state index contributed by atoms with van der Waals surface area (Å²) in [5, 5.41) is 0.283. The Hall–Kier alpha value is -1.07. The molecular weight excluding hydrogens is 252 g/mol. The lowest BCUT2D eigenvalue weighted by atomic mass is 9.95. The van der Waals surface area contributed by atoms with E-state index >= 15 is 0 Å². The number of benzene rings is 1. The van der Waals surface area contributed by atoms with Gasteiger partial charge >= 0.3 is 0 Å². The Kier molecular flexibility index (Phi) is 2.10. The first-order chi connectivity index (χ1) is 8.00. The maximum absolute atomic E-state index is 13.4. The third-order valence-electron chi connectivity index (χ3n) is 3.43. The normalized spacial score (nSPS) is 28.2. The largest absolute Gasteiger partial charge is 0.454 e. The Morgan fingerprint density at radius 3 is 2.65 bits per heavy atom. The SMILES string of the molecule is NCC1(c2cc(Cl)c3c(c2)OCO3)CC1(F)F. The highest BCUT2D eigenvalue weighted by Crippen LogP contribution is 2.62. The third kappa shape index (κ3) is 1.35. The Morgan fingerprint density at radius 1 is 1.35 bits per heavy atom. The summed E-state index contributed by atoms with van der Waals surface area (Å²) in [6.07, 6.45) is -0.244. The zero-order valence-electron chi connectivity index (χ0n) is 8.80. The van der Waals surface area contributed by atoms with E-state index in [2.05, 4.69) is 0 Å². The summed E-state index contributed by atoms with van der Waals surface area (Å²) in [4.78, 5) is 0. The summed E-state index contributed by atoms with van der Waals surface area (Å²) in [5.74, 6) is -1.95. The molecule has 0 amide bonds. The molecule has 1 aromatic carbocycles. The van der Waals surface area contributed by atoms with Crippen molar-refractivity contribution in [2.24, 2.45) is 5.73 Å². The number of fused-ring (bicyclic) bond motifs is 1. The number of alkyl halides is 2. The van der Waals surface area contributed by atoms with Crippen LogP contribution in [0.2, 0.25) is 5.02 Å². The Labute approximate surface area is 101 Å². The molecule has 0 saturated heterocycles. The quantitative estimate of drug-likeness (QED) is 0.888. The topological polar surface area (TPSA) is 44.5 Å². The minimum absolute atomic E-state index is 0.0600. The number of hydrogen-bond acceptors (Lipinski definition) is 3. The third-order valence-corrected chi connectivity index (χ3v) is 3.71. The van der Waals surface area contributed by atoms with Gasteiger partial charge in [-0.25, -0.2) is 8.78 Å². The van der Waals surface area contributed by atoms with E-state index in [1.807, 2.05) is 0 Å². The van der Waals surface area contributed by atoms with Gasteiger partial charge in [-0.2, -0.15) is 0 Å². The molecule has 1 heterocycles. The molecule has 1 atom stereocenters. The summed E-state index contributed by atoms with van der Waals surface area (Å²) in [6, 6.07) is 3.03. The van der Waals surface area contributed by atoms with Gasteiger partial charge < -0.3 is 15.2 Å². The van der Waals surface area contributed by atoms with E-state index in [1.54, 1.807) is 6.07 Å². The van der Waals surface area contributed by atoms with Crippen LogP contribution >= 0.6 is 11.6 Å². The van der Waals surface area contributed by atoms with Crippen LogP contribution in [0.3, 0.4) is 0 Å². The lowest BCUT2D eigenvalue weighted by molar-refractivity contribution is 0.0896. The molecule has 0 aromatic heterocycles. The van der Waals surface area contributed by atoms with Gasteiger partial charge in [0.1, 0.15) is 0 Å². The fraction of sp³-hybridized carbons (Fsp3) is 0.455. The summed E-state index contributed by atoms with van der Waals surface area (Å²) in [6.45, 7) is -0.0551. The highest BCUT2D eigenvalue weighted by Gasteiger charge is 2.71. The summed E-state index contributed by atoms with van der Waals surface area (Å²) in [7, 11) is 0. The molecule has 17 heavy (non-hydrogen) atoms. The zero-order valence-corrected chi connectivity index (χ0v) is 9.56. The minimum Gasteiger partial charge on any atom is -0.454 e. The number of rotatable bonds is 2. The van der Waals surface area contributed by atoms with Crippen molar-refractivity contribution in [2.75, 3.05) is 13.3 Å². The molecule has 2 N–H and O–H groups in total. The second kappa shape index (κ2) is 3.23. The molecule has 1 unspecified atom stereocenters. The number of halogens is 3. The molecule has 1 fully saturated rings. The first-order valence-corrected chi connectivity index (χ1v) is 5.55. The van der Waals surface area contributed by atoms with Gasteiger partial charge in [0.05, 0.1) is 10.4 Å². The van der Waals surface area contributed by atoms with Crippen LogP contribution < -0.4 is 15.2 Å². The van der Waals surface area contributed by atoms with Crippen molar-refractivity contribution >= 4 is 11.6 Å². The molecule has 2 aliphatic rings. The monoisotopic (exact) mass is 261 g/mol. The maximum Gasteiger partial charge on any atom is 0.260 e. The van der Waals surface area contributed by atoms with Crippen molar-refractivity contribution in [2.45, 2.75) is 17.8 Å². The Balaban J connectivity index is 2.09. The molecule has 0 bridgehead atoms.